The minimum atomic E-state index is -0.179. The summed E-state index contributed by atoms with van der Waals surface area (Å²) in [5, 5.41) is 3.23. The summed E-state index contributed by atoms with van der Waals surface area (Å²) in [4.78, 5) is 13.3. The maximum Gasteiger partial charge on any atom is 0.238 e. The van der Waals surface area contributed by atoms with Gasteiger partial charge in [-0.3, -0.25) is 4.79 Å². The van der Waals surface area contributed by atoms with Crippen molar-refractivity contribution in [2.24, 2.45) is 5.92 Å². The van der Waals surface area contributed by atoms with Crippen molar-refractivity contribution in [2.45, 2.75) is 39.8 Å². The Bertz CT molecular complexity index is 427. The van der Waals surface area contributed by atoms with Crippen LogP contribution < -0.4 is 10.1 Å². The molecular formula is C17H28N2O2. The van der Waals surface area contributed by atoms with E-state index in [4.69, 9.17) is 4.74 Å². The number of amides is 1. The Balaban J connectivity index is 2.39. The zero-order chi connectivity index (χ0) is 15.8. The average molecular weight is 292 g/mol. The van der Waals surface area contributed by atoms with E-state index in [1.807, 2.05) is 31.2 Å². The molecule has 1 atom stereocenters. The topological polar surface area (TPSA) is 41.6 Å². The standard InChI is InChI=1S/C17H28N2O2/c1-13(2)10-11-21-16-8-6-15(7-9-16)12-18-14(3)17(20)19(4)5/h6-9,13-14,18H,10-12H2,1-5H3. The highest BCUT2D eigenvalue weighted by Gasteiger charge is 2.13. The number of hydrogen-bond acceptors (Lipinski definition) is 3. The van der Waals surface area contributed by atoms with Crippen molar-refractivity contribution >= 4 is 5.91 Å². The van der Waals surface area contributed by atoms with Crippen LogP contribution in [-0.2, 0) is 11.3 Å². The van der Waals surface area contributed by atoms with Crippen molar-refractivity contribution in [3.05, 3.63) is 29.8 Å². The fraction of sp³-hybridized carbons (Fsp3) is 0.588. The molecule has 1 aromatic carbocycles. The Labute approximate surface area is 128 Å². The van der Waals surface area contributed by atoms with Gasteiger partial charge in [-0.1, -0.05) is 26.0 Å². The van der Waals surface area contributed by atoms with Gasteiger partial charge in [0.25, 0.3) is 0 Å². The van der Waals surface area contributed by atoms with Gasteiger partial charge in [-0.05, 0) is 37.0 Å². The van der Waals surface area contributed by atoms with E-state index in [0.29, 0.717) is 12.5 Å². The summed E-state index contributed by atoms with van der Waals surface area (Å²) in [6.07, 6.45) is 1.06. The monoisotopic (exact) mass is 292 g/mol. The lowest BCUT2D eigenvalue weighted by Crippen LogP contribution is -2.41. The minimum absolute atomic E-state index is 0.0867. The van der Waals surface area contributed by atoms with Crippen LogP contribution in [0.15, 0.2) is 24.3 Å². The van der Waals surface area contributed by atoms with Crippen LogP contribution in [0.3, 0.4) is 0 Å². The van der Waals surface area contributed by atoms with Crippen molar-refractivity contribution < 1.29 is 9.53 Å². The molecular weight excluding hydrogens is 264 g/mol. The van der Waals surface area contributed by atoms with Crippen LogP contribution in [0.2, 0.25) is 0 Å². The Kier molecular flexibility index (Phi) is 7.23. The van der Waals surface area contributed by atoms with Crippen LogP contribution in [0.1, 0.15) is 32.8 Å². The smallest absolute Gasteiger partial charge is 0.238 e. The van der Waals surface area contributed by atoms with Gasteiger partial charge in [0.2, 0.25) is 5.91 Å². The van der Waals surface area contributed by atoms with Crippen LogP contribution in [0, 0.1) is 5.92 Å². The Morgan fingerprint density at radius 2 is 1.81 bits per heavy atom. The summed E-state index contributed by atoms with van der Waals surface area (Å²) >= 11 is 0. The number of ether oxygens (including phenoxy) is 1. The van der Waals surface area contributed by atoms with Crippen molar-refractivity contribution in [2.75, 3.05) is 20.7 Å². The molecule has 1 unspecified atom stereocenters. The third-order valence-corrected chi connectivity index (χ3v) is 3.31. The van der Waals surface area contributed by atoms with Gasteiger partial charge < -0.3 is 15.0 Å². The highest BCUT2D eigenvalue weighted by Crippen LogP contribution is 2.13. The third-order valence-electron chi connectivity index (χ3n) is 3.31. The molecule has 21 heavy (non-hydrogen) atoms. The molecule has 0 saturated heterocycles. The average Bonchev–Trinajstić information content (AvgIpc) is 2.44. The fourth-order valence-corrected chi connectivity index (χ4v) is 1.86. The number of carbonyl (C=O) groups excluding carboxylic acids is 1. The predicted molar refractivity (Wildman–Crippen MR) is 86.4 cm³/mol. The molecule has 0 bridgehead atoms. The van der Waals surface area contributed by atoms with Crippen molar-refractivity contribution in [3.63, 3.8) is 0 Å². The second kappa shape index (κ2) is 8.67. The Morgan fingerprint density at radius 3 is 2.33 bits per heavy atom. The molecule has 1 rings (SSSR count). The molecule has 0 aromatic heterocycles. The first kappa shape index (κ1) is 17.5. The summed E-state index contributed by atoms with van der Waals surface area (Å²) in [5.41, 5.74) is 1.14. The molecule has 0 fully saturated rings. The van der Waals surface area contributed by atoms with Gasteiger partial charge in [0, 0.05) is 20.6 Å². The van der Waals surface area contributed by atoms with E-state index in [1.54, 1.807) is 19.0 Å². The van der Waals surface area contributed by atoms with Crippen molar-refractivity contribution in [1.82, 2.24) is 10.2 Å². The number of likely N-dealkylation sites (N-methyl/N-ethyl adjacent to an activating group) is 1. The maximum absolute atomic E-state index is 11.7. The number of rotatable bonds is 8. The number of benzene rings is 1. The normalized spacial score (nSPS) is 12.3. The fourth-order valence-electron chi connectivity index (χ4n) is 1.86. The SMILES string of the molecule is CC(C)CCOc1ccc(CNC(C)C(=O)N(C)C)cc1. The van der Waals surface area contributed by atoms with Gasteiger partial charge in [0.15, 0.2) is 0 Å². The van der Waals surface area contributed by atoms with E-state index < -0.39 is 0 Å². The van der Waals surface area contributed by atoms with E-state index in [0.717, 1.165) is 24.3 Å². The molecule has 4 heteroatoms. The lowest BCUT2D eigenvalue weighted by atomic mass is 10.1. The lowest BCUT2D eigenvalue weighted by Gasteiger charge is -2.18. The van der Waals surface area contributed by atoms with Gasteiger partial charge in [-0.2, -0.15) is 0 Å². The molecule has 0 saturated carbocycles. The second-order valence-electron chi connectivity index (χ2n) is 6.01. The molecule has 118 valence electrons. The molecule has 1 aromatic rings. The summed E-state index contributed by atoms with van der Waals surface area (Å²) < 4.78 is 5.69. The molecule has 1 amide bonds. The molecule has 0 spiro atoms. The molecule has 0 radical (unpaired) electrons. The summed E-state index contributed by atoms with van der Waals surface area (Å²) in [7, 11) is 3.54. The van der Waals surface area contributed by atoms with E-state index in [-0.39, 0.29) is 11.9 Å². The largest absolute Gasteiger partial charge is 0.494 e. The first-order chi connectivity index (χ1) is 9.90. The van der Waals surface area contributed by atoms with Gasteiger partial charge in [-0.15, -0.1) is 0 Å². The van der Waals surface area contributed by atoms with Crippen molar-refractivity contribution in [3.8, 4) is 5.75 Å². The zero-order valence-corrected chi connectivity index (χ0v) is 13.8. The molecule has 0 aliphatic heterocycles. The molecule has 1 N–H and O–H groups in total. The molecule has 4 nitrogen and oxygen atoms in total. The molecule has 0 aliphatic carbocycles. The highest BCUT2D eigenvalue weighted by molar-refractivity contribution is 5.80. The van der Waals surface area contributed by atoms with Gasteiger partial charge in [0.05, 0.1) is 12.6 Å². The van der Waals surface area contributed by atoms with Gasteiger partial charge in [-0.25, -0.2) is 0 Å². The van der Waals surface area contributed by atoms with Crippen molar-refractivity contribution in [1.29, 1.82) is 0 Å². The number of carbonyl (C=O) groups is 1. The van der Waals surface area contributed by atoms with Crippen LogP contribution in [0.5, 0.6) is 5.75 Å². The predicted octanol–water partition coefficient (Wildman–Crippen LogP) is 2.68. The summed E-state index contributed by atoms with van der Waals surface area (Å²) in [6, 6.07) is 7.85. The highest BCUT2D eigenvalue weighted by atomic mass is 16.5. The number of nitrogens with one attached hydrogen (secondary N) is 1. The van der Waals surface area contributed by atoms with Gasteiger partial charge in [0.1, 0.15) is 5.75 Å². The first-order valence-electron chi connectivity index (χ1n) is 7.56. The van der Waals surface area contributed by atoms with Crippen LogP contribution in [0.4, 0.5) is 0 Å². The van der Waals surface area contributed by atoms with E-state index in [2.05, 4.69) is 19.2 Å². The Morgan fingerprint density at radius 1 is 1.19 bits per heavy atom. The first-order valence-corrected chi connectivity index (χ1v) is 7.56. The van der Waals surface area contributed by atoms with Crippen LogP contribution in [0.25, 0.3) is 0 Å². The van der Waals surface area contributed by atoms with E-state index >= 15 is 0 Å². The second-order valence-corrected chi connectivity index (χ2v) is 6.01. The third kappa shape index (κ3) is 6.63. The maximum atomic E-state index is 11.7. The number of nitrogens with zero attached hydrogens (tertiary/aromatic N) is 1. The quantitative estimate of drug-likeness (QED) is 0.801. The number of hydrogen-bond donors (Lipinski definition) is 1. The van der Waals surface area contributed by atoms with Gasteiger partial charge >= 0.3 is 0 Å². The summed E-state index contributed by atoms with van der Waals surface area (Å²) in [5.74, 6) is 1.64. The molecule has 0 heterocycles. The molecule has 0 aliphatic rings. The van der Waals surface area contributed by atoms with Crippen LogP contribution in [-0.4, -0.2) is 37.6 Å². The van der Waals surface area contributed by atoms with Crippen LogP contribution >= 0.6 is 0 Å². The van der Waals surface area contributed by atoms with E-state index in [1.165, 1.54) is 0 Å². The van der Waals surface area contributed by atoms with E-state index in [9.17, 15) is 4.79 Å². The minimum Gasteiger partial charge on any atom is -0.494 e. The zero-order valence-electron chi connectivity index (χ0n) is 13.8. The Hall–Kier alpha value is -1.55. The summed E-state index contributed by atoms with van der Waals surface area (Å²) in [6.45, 7) is 7.69. The lowest BCUT2D eigenvalue weighted by molar-refractivity contribution is -0.130.